The molecule has 1 aliphatic heterocycles. The van der Waals surface area contributed by atoms with Crippen molar-refractivity contribution in [3.8, 4) is 0 Å². The number of nitrogens with one attached hydrogen (secondary N) is 2. The highest BCUT2D eigenvalue weighted by molar-refractivity contribution is 6.33. The van der Waals surface area contributed by atoms with Crippen LogP contribution in [0, 0.1) is 6.92 Å². The fourth-order valence-electron chi connectivity index (χ4n) is 2.36. The molecule has 0 aromatic heterocycles. The van der Waals surface area contributed by atoms with Crippen LogP contribution in [0.1, 0.15) is 32.8 Å². The van der Waals surface area contributed by atoms with E-state index in [1.54, 1.807) is 20.8 Å². The van der Waals surface area contributed by atoms with Crippen molar-refractivity contribution in [2.45, 2.75) is 45.8 Å². The molecular formula is C22H29N3O8. The molecule has 0 radical (unpaired) electrons. The summed E-state index contributed by atoms with van der Waals surface area (Å²) >= 11 is 0. The van der Waals surface area contributed by atoms with Gasteiger partial charge in [0.15, 0.2) is 0 Å². The van der Waals surface area contributed by atoms with Crippen molar-refractivity contribution in [1.29, 1.82) is 0 Å². The second-order valence-corrected chi connectivity index (χ2v) is 7.98. The fraction of sp³-hybridized carbons (Fsp3) is 0.409. The number of ether oxygens (including phenoxy) is 1. The van der Waals surface area contributed by atoms with Crippen molar-refractivity contribution in [1.82, 2.24) is 15.7 Å². The Morgan fingerprint density at radius 2 is 1.79 bits per heavy atom. The van der Waals surface area contributed by atoms with Crippen LogP contribution in [0.3, 0.4) is 0 Å². The number of benzene rings is 1. The quantitative estimate of drug-likeness (QED) is 0.422. The average Bonchev–Trinajstić information content (AvgIpc) is 3.21. The van der Waals surface area contributed by atoms with Crippen LogP contribution in [0.5, 0.6) is 0 Å². The van der Waals surface area contributed by atoms with Gasteiger partial charge in [-0.15, -0.1) is 0 Å². The van der Waals surface area contributed by atoms with E-state index < -0.39 is 53.5 Å². The van der Waals surface area contributed by atoms with E-state index in [1.807, 2.05) is 23.5 Å². The highest BCUT2D eigenvalue weighted by Gasteiger charge is 2.39. The first-order chi connectivity index (χ1) is 15.3. The van der Waals surface area contributed by atoms with E-state index in [-0.39, 0.29) is 13.0 Å². The zero-order chi connectivity index (χ0) is 25.2. The maximum Gasteiger partial charge on any atom is 0.435 e. The number of carbonyl (C=O) groups is 5. The third-order valence-electron chi connectivity index (χ3n) is 3.92. The predicted molar refractivity (Wildman–Crippen MR) is 117 cm³/mol. The molecule has 1 unspecified atom stereocenters. The molecule has 2 rings (SSSR count). The highest BCUT2D eigenvalue weighted by Crippen LogP contribution is 2.19. The van der Waals surface area contributed by atoms with E-state index >= 15 is 0 Å². The summed E-state index contributed by atoms with van der Waals surface area (Å²) in [5.74, 6) is -4.59. The molecule has 3 amide bonds. The van der Waals surface area contributed by atoms with Crippen molar-refractivity contribution in [2.75, 3.05) is 13.2 Å². The minimum Gasteiger partial charge on any atom is -0.475 e. The van der Waals surface area contributed by atoms with Gasteiger partial charge in [-0.3, -0.25) is 19.2 Å². The predicted octanol–water partition coefficient (Wildman–Crippen LogP) is 1.32. The number of ketones is 1. The molecule has 0 bridgehead atoms. The molecule has 1 aliphatic rings. The third kappa shape index (κ3) is 9.95. The van der Waals surface area contributed by atoms with Gasteiger partial charge in [-0.25, -0.2) is 9.59 Å². The Morgan fingerprint density at radius 1 is 1.18 bits per heavy atom. The van der Waals surface area contributed by atoms with Gasteiger partial charge in [-0.1, -0.05) is 42.5 Å². The second-order valence-electron chi connectivity index (χ2n) is 7.98. The maximum atomic E-state index is 12.2. The van der Waals surface area contributed by atoms with Crippen LogP contribution in [0.2, 0.25) is 0 Å². The number of amides is 3. The molecule has 0 spiro atoms. The van der Waals surface area contributed by atoms with Crippen LogP contribution in [0.25, 0.3) is 0 Å². The van der Waals surface area contributed by atoms with E-state index in [9.17, 15) is 24.0 Å². The van der Waals surface area contributed by atoms with Gasteiger partial charge in [0.2, 0.25) is 5.91 Å². The van der Waals surface area contributed by atoms with Crippen molar-refractivity contribution in [2.24, 2.45) is 0 Å². The minimum atomic E-state index is -1.70. The first-order valence-corrected chi connectivity index (χ1v) is 10.0. The molecule has 11 heteroatoms. The fourth-order valence-corrected chi connectivity index (χ4v) is 2.36. The molecule has 1 heterocycles. The summed E-state index contributed by atoms with van der Waals surface area (Å²) in [5.41, 5.74) is 0.122. The number of nitrogens with zero attached hydrogens (tertiary/aromatic N) is 1. The number of carboxylic acids is 1. The van der Waals surface area contributed by atoms with E-state index in [4.69, 9.17) is 14.7 Å². The van der Waals surface area contributed by atoms with Crippen molar-refractivity contribution < 1.29 is 38.7 Å². The van der Waals surface area contributed by atoms with Gasteiger partial charge in [0.1, 0.15) is 11.6 Å². The Kier molecular flexibility index (Phi) is 10.2. The van der Waals surface area contributed by atoms with Gasteiger partial charge in [-0.2, -0.15) is 5.06 Å². The van der Waals surface area contributed by atoms with Crippen molar-refractivity contribution in [3.63, 3.8) is 0 Å². The van der Waals surface area contributed by atoms with E-state index in [2.05, 4.69) is 31.0 Å². The molecule has 1 aromatic rings. The molecule has 1 atom stereocenters. The molecule has 1 saturated heterocycles. The molecule has 0 aliphatic carbocycles. The van der Waals surface area contributed by atoms with Crippen LogP contribution in [-0.2, 0) is 28.8 Å². The zero-order valence-electron chi connectivity index (χ0n) is 19.0. The number of carbonyl (C=O) groups excluding carboxylic acids is 4. The van der Waals surface area contributed by atoms with Crippen molar-refractivity contribution in [3.05, 3.63) is 48.2 Å². The van der Waals surface area contributed by atoms with Crippen LogP contribution >= 0.6 is 0 Å². The lowest BCUT2D eigenvalue weighted by Crippen LogP contribution is -2.48. The number of carboxylic acid groups (broad SMARTS) is 1. The number of hydrogen-bond acceptors (Lipinski definition) is 7. The minimum absolute atomic E-state index is 0.100. The summed E-state index contributed by atoms with van der Waals surface area (Å²) in [6.45, 7) is 9.73. The Labute approximate surface area is 191 Å². The molecule has 11 nitrogen and oxygen atoms in total. The number of hydroxylamine groups is 2. The van der Waals surface area contributed by atoms with Crippen LogP contribution < -0.4 is 10.6 Å². The Morgan fingerprint density at radius 3 is 2.27 bits per heavy atom. The molecule has 33 heavy (non-hydrogen) atoms. The molecule has 3 N–H and O–H groups in total. The lowest BCUT2D eigenvalue weighted by Gasteiger charge is -2.26. The zero-order valence-corrected chi connectivity index (χ0v) is 19.0. The van der Waals surface area contributed by atoms with Crippen LogP contribution in [-0.4, -0.2) is 64.6 Å². The summed E-state index contributed by atoms with van der Waals surface area (Å²) in [5, 5.41) is 13.4. The average molecular weight is 463 g/mol. The summed E-state index contributed by atoms with van der Waals surface area (Å²) in [6.07, 6.45) is -0.672. The maximum absolute atomic E-state index is 12.2. The molecule has 180 valence electrons. The Hall–Kier alpha value is -3.73. The van der Waals surface area contributed by atoms with E-state index in [0.29, 0.717) is 0 Å². The number of Topliss-reactive ketones (excluding diaryl/α,β-unsaturated/α-hetero) is 1. The monoisotopic (exact) mass is 463 g/mol. The lowest BCUT2D eigenvalue weighted by atomic mass is 10.2. The molecule has 0 saturated carbocycles. The molecule has 1 aromatic carbocycles. The first-order valence-electron chi connectivity index (χ1n) is 10.0. The van der Waals surface area contributed by atoms with Gasteiger partial charge < -0.3 is 20.5 Å². The smallest absolute Gasteiger partial charge is 0.435 e. The highest BCUT2D eigenvalue weighted by atomic mass is 16.7. The SMILES string of the molecule is C=C(NC(=O)C1CCON1C(=O)OC(C)(C)C)C(=O)NCC(=O)C(=O)O.Cc1ccccc1. The summed E-state index contributed by atoms with van der Waals surface area (Å²) in [7, 11) is 0. The Bertz CT molecular complexity index is 893. The standard InChI is InChI=1S/C15H21N3O8.C7H8/c1-8(11(20)16-7-10(19)13(22)23)17-12(21)9-5-6-25-18(9)14(24)26-15(2,3)4;1-7-5-3-2-4-6-7/h9H,1,5-7H2,2-4H3,(H,16,20)(H,17,21)(H,22,23);2-6H,1H3. The number of aliphatic carboxylic acids is 1. The van der Waals surface area contributed by atoms with Crippen molar-refractivity contribution >= 4 is 29.7 Å². The van der Waals surface area contributed by atoms with Crippen LogP contribution in [0.15, 0.2) is 42.6 Å². The third-order valence-corrected chi connectivity index (χ3v) is 3.92. The van der Waals surface area contributed by atoms with E-state index in [1.165, 1.54) is 5.56 Å². The largest absolute Gasteiger partial charge is 0.475 e. The number of hydrogen-bond donors (Lipinski definition) is 3. The molecule has 1 fully saturated rings. The lowest BCUT2D eigenvalue weighted by molar-refractivity contribution is -0.149. The van der Waals surface area contributed by atoms with Gasteiger partial charge in [0.05, 0.1) is 18.8 Å². The normalized spacial score (nSPS) is 14.9. The molecular weight excluding hydrogens is 434 g/mol. The number of rotatable bonds is 6. The second kappa shape index (κ2) is 12.3. The van der Waals surface area contributed by atoms with Gasteiger partial charge in [0.25, 0.3) is 11.7 Å². The summed E-state index contributed by atoms with van der Waals surface area (Å²) < 4.78 is 5.13. The van der Waals surface area contributed by atoms with Gasteiger partial charge >= 0.3 is 12.1 Å². The van der Waals surface area contributed by atoms with Gasteiger partial charge in [0, 0.05) is 6.42 Å². The topological polar surface area (TPSA) is 151 Å². The van der Waals surface area contributed by atoms with Gasteiger partial charge in [-0.05, 0) is 27.7 Å². The number of aryl methyl sites for hydroxylation is 1. The van der Waals surface area contributed by atoms with E-state index in [0.717, 1.165) is 5.06 Å². The summed E-state index contributed by atoms with van der Waals surface area (Å²) in [6, 6.07) is 9.23. The van der Waals surface area contributed by atoms with Crippen LogP contribution in [0.4, 0.5) is 4.79 Å². The first kappa shape index (κ1) is 27.3. The Balaban J connectivity index is 0.000000657. The summed E-state index contributed by atoms with van der Waals surface area (Å²) in [4.78, 5) is 62.4.